The van der Waals surface area contributed by atoms with Gasteiger partial charge in [-0.1, -0.05) is 177 Å². The highest BCUT2D eigenvalue weighted by atomic mass is 14.9. The average molecular weight is 770 g/mol. The van der Waals surface area contributed by atoms with E-state index in [1.165, 1.54) is 71.0 Å². The standard InChI is InChI=1S/C57H43N3/c1-3-12-43(13-4-1)56-59-54(42-27-25-41(26-28-42)49-18-11-33-58-38-49)37-55(60-56)48-17-10-15-45(35-48)40-23-21-39(22-24-40)44-14-9-16-46(34-44)47-29-30-51-50-19-5-6-20-52(50)57(53(51)36-47)31-7-2-8-32-57/h1,3-6,9-30,33-38H,2,7-8,31-32H2. The maximum atomic E-state index is 5.12. The van der Waals surface area contributed by atoms with Crippen molar-refractivity contribution < 1.29 is 0 Å². The number of fused-ring (bicyclic) bond motifs is 5. The lowest BCUT2D eigenvalue weighted by atomic mass is 9.67. The summed E-state index contributed by atoms with van der Waals surface area (Å²) in [7, 11) is 0. The molecule has 1 spiro atoms. The van der Waals surface area contributed by atoms with Gasteiger partial charge in [-0.2, -0.15) is 0 Å². The summed E-state index contributed by atoms with van der Waals surface area (Å²) in [6, 6.07) is 68.0. The van der Waals surface area contributed by atoms with Crippen molar-refractivity contribution in [2.75, 3.05) is 0 Å². The van der Waals surface area contributed by atoms with Gasteiger partial charge in [-0.05, 0) is 110 Å². The molecule has 0 radical (unpaired) electrons. The van der Waals surface area contributed by atoms with Crippen molar-refractivity contribution >= 4 is 0 Å². The highest BCUT2D eigenvalue weighted by molar-refractivity contribution is 5.85. The molecule has 11 rings (SSSR count). The highest BCUT2D eigenvalue weighted by Crippen LogP contribution is 2.56. The smallest absolute Gasteiger partial charge is 0.160 e. The van der Waals surface area contributed by atoms with Crippen molar-refractivity contribution in [1.82, 2.24) is 15.0 Å². The van der Waals surface area contributed by atoms with Gasteiger partial charge in [0.1, 0.15) is 0 Å². The molecule has 2 aromatic heterocycles. The topological polar surface area (TPSA) is 38.7 Å². The first-order valence-corrected chi connectivity index (χ1v) is 21.2. The highest BCUT2D eigenvalue weighted by Gasteiger charge is 2.43. The van der Waals surface area contributed by atoms with E-state index in [4.69, 9.17) is 9.97 Å². The van der Waals surface area contributed by atoms with Crippen LogP contribution in [0.5, 0.6) is 0 Å². The summed E-state index contributed by atoms with van der Waals surface area (Å²) >= 11 is 0. The fourth-order valence-corrected chi connectivity index (χ4v) is 9.75. The Hall–Kier alpha value is -7.23. The fourth-order valence-electron chi connectivity index (χ4n) is 9.75. The van der Waals surface area contributed by atoms with Crippen LogP contribution in [0.1, 0.15) is 43.2 Å². The van der Waals surface area contributed by atoms with E-state index in [1.807, 2.05) is 30.5 Å². The third-order valence-corrected chi connectivity index (χ3v) is 12.8. The van der Waals surface area contributed by atoms with Crippen LogP contribution < -0.4 is 0 Å². The molecule has 3 heteroatoms. The van der Waals surface area contributed by atoms with E-state index in [0.717, 1.165) is 50.3 Å². The quantitative estimate of drug-likeness (QED) is 0.162. The zero-order valence-electron chi connectivity index (χ0n) is 33.4. The molecule has 2 heterocycles. The molecule has 0 N–H and O–H groups in total. The minimum Gasteiger partial charge on any atom is -0.264 e. The molecule has 9 aromatic rings. The van der Waals surface area contributed by atoms with Crippen LogP contribution in [-0.2, 0) is 5.41 Å². The van der Waals surface area contributed by atoms with E-state index in [0.29, 0.717) is 5.82 Å². The summed E-state index contributed by atoms with van der Waals surface area (Å²) in [5.74, 6) is 0.704. The first-order chi connectivity index (χ1) is 29.7. The van der Waals surface area contributed by atoms with Crippen molar-refractivity contribution in [3.63, 3.8) is 0 Å². The molecule has 60 heavy (non-hydrogen) atoms. The minimum atomic E-state index is 0.151. The van der Waals surface area contributed by atoms with Crippen LogP contribution in [-0.4, -0.2) is 15.0 Å². The molecule has 2 aliphatic rings. The van der Waals surface area contributed by atoms with Gasteiger partial charge < -0.3 is 0 Å². The lowest BCUT2D eigenvalue weighted by Gasteiger charge is -2.36. The third-order valence-electron chi connectivity index (χ3n) is 12.8. The minimum absolute atomic E-state index is 0.151. The van der Waals surface area contributed by atoms with Crippen LogP contribution in [0, 0.1) is 0 Å². The molecule has 1 fully saturated rings. The van der Waals surface area contributed by atoms with E-state index in [-0.39, 0.29) is 5.41 Å². The Morgan fingerprint density at radius 1 is 0.333 bits per heavy atom. The lowest BCUT2D eigenvalue weighted by Crippen LogP contribution is -2.28. The van der Waals surface area contributed by atoms with E-state index >= 15 is 0 Å². The van der Waals surface area contributed by atoms with E-state index < -0.39 is 0 Å². The van der Waals surface area contributed by atoms with Crippen molar-refractivity contribution in [2.45, 2.75) is 37.5 Å². The first-order valence-electron chi connectivity index (χ1n) is 21.2. The Balaban J connectivity index is 0.891. The van der Waals surface area contributed by atoms with Crippen LogP contribution in [0.4, 0.5) is 0 Å². The van der Waals surface area contributed by atoms with Crippen LogP contribution in [0.15, 0.2) is 200 Å². The summed E-state index contributed by atoms with van der Waals surface area (Å²) in [6.45, 7) is 0. The first kappa shape index (κ1) is 35.9. The summed E-state index contributed by atoms with van der Waals surface area (Å²) in [5, 5.41) is 0. The van der Waals surface area contributed by atoms with Gasteiger partial charge in [0.15, 0.2) is 5.82 Å². The molecule has 0 saturated heterocycles. The van der Waals surface area contributed by atoms with Crippen molar-refractivity contribution in [1.29, 1.82) is 0 Å². The number of rotatable bonds is 7. The lowest BCUT2D eigenvalue weighted by molar-refractivity contribution is 0.353. The molecule has 0 bridgehead atoms. The number of hydrogen-bond acceptors (Lipinski definition) is 3. The molecule has 0 aliphatic heterocycles. The van der Waals surface area contributed by atoms with Crippen LogP contribution in [0.3, 0.4) is 0 Å². The maximum absolute atomic E-state index is 5.12. The molecule has 7 aromatic carbocycles. The number of pyridine rings is 1. The summed E-state index contributed by atoms with van der Waals surface area (Å²) in [4.78, 5) is 14.5. The van der Waals surface area contributed by atoms with Crippen LogP contribution in [0.25, 0.3) is 89.5 Å². The van der Waals surface area contributed by atoms with E-state index in [2.05, 4.69) is 169 Å². The van der Waals surface area contributed by atoms with Gasteiger partial charge >= 0.3 is 0 Å². The van der Waals surface area contributed by atoms with Gasteiger partial charge in [0.05, 0.1) is 11.4 Å². The molecular formula is C57H43N3. The molecule has 0 atom stereocenters. The molecule has 0 unspecified atom stereocenters. The SMILES string of the molecule is c1ccc(-c2nc(-c3ccc(-c4cccnc4)cc3)cc(-c3cccc(-c4ccc(-c5cccc(-c6ccc7c(c6)C6(CCCCC6)c6ccccc6-7)c5)cc4)c3)n2)cc1. The van der Waals surface area contributed by atoms with Gasteiger partial charge in [-0.3, -0.25) is 4.98 Å². The van der Waals surface area contributed by atoms with Crippen molar-refractivity contribution in [3.8, 4) is 89.5 Å². The number of benzene rings is 7. The Kier molecular flexibility index (Phi) is 9.08. The molecule has 0 amide bonds. The van der Waals surface area contributed by atoms with Crippen LogP contribution in [0.2, 0.25) is 0 Å². The van der Waals surface area contributed by atoms with Crippen LogP contribution >= 0.6 is 0 Å². The Bertz CT molecular complexity index is 2980. The monoisotopic (exact) mass is 769 g/mol. The number of aromatic nitrogens is 3. The third kappa shape index (κ3) is 6.53. The second-order valence-electron chi connectivity index (χ2n) is 16.3. The maximum Gasteiger partial charge on any atom is 0.160 e. The Labute approximate surface area is 352 Å². The largest absolute Gasteiger partial charge is 0.264 e. The Morgan fingerprint density at radius 3 is 1.55 bits per heavy atom. The normalized spacial score (nSPS) is 13.8. The predicted octanol–water partition coefficient (Wildman–Crippen LogP) is 14.8. The van der Waals surface area contributed by atoms with Gasteiger partial charge in [0.2, 0.25) is 0 Å². The number of hydrogen-bond donors (Lipinski definition) is 0. The molecular weight excluding hydrogens is 727 g/mol. The summed E-state index contributed by atoms with van der Waals surface area (Å²) in [5.41, 5.74) is 20.4. The van der Waals surface area contributed by atoms with Gasteiger partial charge in [-0.15, -0.1) is 0 Å². The van der Waals surface area contributed by atoms with E-state index in [9.17, 15) is 0 Å². The van der Waals surface area contributed by atoms with Gasteiger partial charge in [0, 0.05) is 34.5 Å². The second-order valence-corrected chi connectivity index (χ2v) is 16.3. The molecule has 2 aliphatic carbocycles. The summed E-state index contributed by atoms with van der Waals surface area (Å²) in [6.07, 6.45) is 10.1. The summed E-state index contributed by atoms with van der Waals surface area (Å²) < 4.78 is 0. The average Bonchev–Trinajstić information content (AvgIpc) is 3.60. The zero-order chi connectivity index (χ0) is 39.9. The molecule has 3 nitrogen and oxygen atoms in total. The van der Waals surface area contributed by atoms with Crippen molar-refractivity contribution in [3.05, 3.63) is 212 Å². The second kappa shape index (κ2) is 15.2. The van der Waals surface area contributed by atoms with Gasteiger partial charge in [0.25, 0.3) is 0 Å². The fraction of sp³-hybridized carbons (Fsp3) is 0.105. The zero-order valence-corrected chi connectivity index (χ0v) is 33.4. The predicted molar refractivity (Wildman–Crippen MR) is 247 cm³/mol. The van der Waals surface area contributed by atoms with E-state index in [1.54, 1.807) is 11.8 Å². The molecule has 286 valence electrons. The Morgan fingerprint density at radius 2 is 0.850 bits per heavy atom. The molecule has 1 saturated carbocycles. The van der Waals surface area contributed by atoms with Crippen molar-refractivity contribution in [2.24, 2.45) is 0 Å². The van der Waals surface area contributed by atoms with Gasteiger partial charge in [-0.25, -0.2) is 9.97 Å². The number of nitrogens with zero attached hydrogens (tertiary/aromatic N) is 3.